The van der Waals surface area contributed by atoms with E-state index in [1.54, 1.807) is 10.9 Å². The number of rotatable bonds is 6. The van der Waals surface area contributed by atoms with E-state index >= 15 is 0 Å². The van der Waals surface area contributed by atoms with Crippen molar-refractivity contribution in [2.24, 2.45) is 0 Å². The maximum absolute atomic E-state index is 12.1. The van der Waals surface area contributed by atoms with Crippen LogP contribution >= 0.6 is 11.8 Å². The number of para-hydroxylation sites is 1. The summed E-state index contributed by atoms with van der Waals surface area (Å²) >= 11 is 1.42. The number of amides is 1. The number of aromatic nitrogens is 4. The van der Waals surface area contributed by atoms with Gasteiger partial charge in [0, 0.05) is 6.54 Å². The summed E-state index contributed by atoms with van der Waals surface area (Å²) in [4.78, 5) is 20.8. The first-order chi connectivity index (χ1) is 11.7. The molecule has 2 aromatic heterocycles. The highest BCUT2D eigenvalue weighted by Crippen LogP contribution is 2.28. The predicted octanol–water partition coefficient (Wildman–Crippen LogP) is 2.82. The minimum Gasteiger partial charge on any atom is -0.355 e. The molecule has 0 saturated heterocycles. The van der Waals surface area contributed by atoms with Crippen molar-refractivity contribution in [1.29, 1.82) is 0 Å². The molecular formula is C17H19N5OS. The van der Waals surface area contributed by atoms with Crippen LogP contribution in [0.5, 0.6) is 0 Å². The van der Waals surface area contributed by atoms with Crippen molar-refractivity contribution >= 4 is 28.7 Å². The standard InChI is InChI=1S/C17H19N5OS/c1-3-9-18-16(23)12(2)24-17-14-10-21-22(15(14)19-11-20-17)13-7-5-4-6-8-13/h4-8,10-12H,3,9H2,1-2H3,(H,18,23). The van der Waals surface area contributed by atoms with Crippen LogP contribution in [0, 0.1) is 0 Å². The lowest BCUT2D eigenvalue weighted by Crippen LogP contribution is -2.31. The van der Waals surface area contributed by atoms with E-state index in [1.807, 2.05) is 44.2 Å². The summed E-state index contributed by atoms with van der Waals surface area (Å²) in [6.45, 7) is 4.60. The average molecular weight is 341 g/mol. The van der Waals surface area contributed by atoms with Gasteiger partial charge in [-0.1, -0.05) is 36.9 Å². The van der Waals surface area contributed by atoms with Gasteiger partial charge in [-0.3, -0.25) is 4.79 Å². The van der Waals surface area contributed by atoms with E-state index < -0.39 is 0 Å². The molecule has 0 spiro atoms. The van der Waals surface area contributed by atoms with Crippen LogP contribution in [0.15, 0.2) is 47.9 Å². The van der Waals surface area contributed by atoms with E-state index in [2.05, 4.69) is 20.4 Å². The number of thioether (sulfide) groups is 1. The molecule has 0 saturated carbocycles. The molecule has 0 aliphatic heterocycles. The smallest absolute Gasteiger partial charge is 0.233 e. The van der Waals surface area contributed by atoms with E-state index in [-0.39, 0.29) is 11.2 Å². The number of nitrogens with one attached hydrogen (secondary N) is 1. The first-order valence-electron chi connectivity index (χ1n) is 7.89. The Hall–Kier alpha value is -2.41. The molecule has 0 aliphatic rings. The van der Waals surface area contributed by atoms with Gasteiger partial charge in [-0.15, -0.1) is 0 Å². The number of hydrogen-bond acceptors (Lipinski definition) is 5. The van der Waals surface area contributed by atoms with E-state index in [0.717, 1.165) is 28.2 Å². The van der Waals surface area contributed by atoms with Gasteiger partial charge in [-0.2, -0.15) is 5.10 Å². The number of benzene rings is 1. The molecule has 2 heterocycles. The third kappa shape index (κ3) is 3.41. The second-order valence-electron chi connectivity index (χ2n) is 5.36. The second-order valence-corrected chi connectivity index (χ2v) is 6.69. The van der Waals surface area contributed by atoms with Crippen LogP contribution < -0.4 is 5.32 Å². The number of nitrogens with zero attached hydrogens (tertiary/aromatic N) is 4. The highest BCUT2D eigenvalue weighted by atomic mass is 32.2. The van der Waals surface area contributed by atoms with Gasteiger partial charge in [0.2, 0.25) is 5.91 Å². The summed E-state index contributed by atoms with van der Waals surface area (Å²) in [5.74, 6) is 0.0177. The Morgan fingerprint density at radius 2 is 2.08 bits per heavy atom. The minimum atomic E-state index is -0.227. The number of fused-ring (bicyclic) bond motifs is 1. The Bertz CT molecular complexity index is 833. The summed E-state index contributed by atoms with van der Waals surface area (Å²) in [6, 6.07) is 9.83. The number of carbonyl (C=O) groups excluding carboxylic acids is 1. The summed E-state index contributed by atoms with van der Waals surface area (Å²) in [6.07, 6.45) is 4.19. The van der Waals surface area contributed by atoms with Gasteiger partial charge >= 0.3 is 0 Å². The molecule has 1 amide bonds. The maximum atomic E-state index is 12.1. The van der Waals surface area contributed by atoms with Crippen molar-refractivity contribution in [3.05, 3.63) is 42.9 Å². The molecule has 0 aliphatic carbocycles. The number of carbonyl (C=O) groups is 1. The average Bonchev–Trinajstić information content (AvgIpc) is 3.05. The van der Waals surface area contributed by atoms with E-state index in [4.69, 9.17) is 0 Å². The molecule has 1 aromatic carbocycles. The van der Waals surface area contributed by atoms with Crippen LogP contribution in [-0.2, 0) is 4.79 Å². The highest BCUT2D eigenvalue weighted by Gasteiger charge is 2.18. The zero-order valence-corrected chi connectivity index (χ0v) is 14.5. The fourth-order valence-electron chi connectivity index (χ4n) is 2.29. The zero-order chi connectivity index (χ0) is 16.9. The third-order valence-electron chi connectivity index (χ3n) is 3.54. The van der Waals surface area contributed by atoms with Gasteiger partial charge in [-0.25, -0.2) is 14.6 Å². The minimum absolute atomic E-state index is 0.0177. The van der Waals surface area contributed by atoms with Crippen molar-refractivity contribution in [3.8, 4) is 5.69 Å². The molecule has 6 nitrogen and oxygen atoms in total. The fourth-order valence-corrected chi connectivity index (χ4v) is 3.19. The largest absolute Gasteiger partial charge is 0.355 e. The van der Waals surface area contributed by atoms with Crippen LogP contribution in [0.4, 0.5) is 0 Å². The van der Waals surface area contributed by atoms with E-state index in [1.165, 1.54) is 18.1 Å². The molecule has 3 rings (SSSR count). The molecule has 3 aromatic rings. The quantitative estimate of drug-likeness (QED) is 0.551. The molecular weight excluding hydrogens is 322 g/mol. The molecule has 1 atom stereocenters. The maximum Gasteiger partial charge on any atom is 0.233 e. The Labute approximate surface area is 144 Å². The van der Waals surface area contributed by atoms with Crippen LogP contribution in [0.25, 0.3) is 16.7 Å². The van der Waals surface area contributed by atoms with Gasteiger partial charge in [0.15, 0.2) is 5.65 Å². The number of hydrogen-bond donors (Lipinski definition) is 1. The van der Waals surface area contributed by atoms with Crippen LogP contribution in [-0.4, -0.2) is 37.5 Å². The highest BCUT2D eigenvalue weighted by molar-refractivity contribution is 8.00. The van der Waals surface area contributed by atoms with Crippen molar-refractivity contribution in [3.63, 3.8) is 0 Å². The Morgan fingerprint density at radius 1 is 1.29 bits per heavy atom. The van der Waals surface area contributed by atoms with Crippen LogP contribution in [0.3, 0.4) is 0 Å². The first kappa shape index (κ1) is 16.4. The van der Waals surface area contributed by atoms with Gasteiger partial charge in [0.05, 0.1) is 22.5 Å². The van der Waals surface area contributed by atoms with Crippen molar-refractivity contribution < 1.29 is 4.79 Å². The Balaban J connectivity index is 1.88. The molecule has 24 heavy (non-hydrogen) atoms. The lowest BCUT2D eigenvalue weighted by atomic mass is 10.3. The molecule has 1 unspecified atom stereocenters. The van der Waals surface area contributed by atoms with Gasteiger partial charge in [-0.05, 0) is 25.5 Å². The summed E-state index contributed by atoms with van der Waals surface area (Å²) in [5, 5.41) is 8.72. The van der Waals surface area contributed by atoms with Crippen molar-refractivity contribution in [2.45, 2.75) is 30.5 Å². The topological polar surface area (TPSA) is 72.7 Å². The van der Waals surface area contributed by atoms with Gasteiger partial charge in [0.1, 0.15) is 11.4 Å². The van der Waals surface area contributed by atoms with Gasteiger partial charge in [0.25, 0.3) is 0 Å². The third-order valence-corrected chi connectivity index (χ3v) is 4.65. The monoisotopic (exact) mass is 341 g/mol. The lowest BCUT2D eigenvalue weighted by molar-refractivity contribution is -0.120. The lowest BCUT2D eigenvalue weighted by Gasteiger charge is -2.11. The van der Waals surface area contributed by atoms with E-state index in [9.17, 15) is 4.79 Å². The molecule has 1 N–H and O–H groups in total. The molecule has 0 bridgehead atoms. The Kier molecular flexibility index (Phi) is 5.10. The van der Waals surface area contributed by atoms with Crippen LogP contribution in [0.2, 0.25) is 0 Å². The summed E-state index contributed by atoms with van der Waals surface area (Å²) < 4.78 is 1.78. The zero-order valence-electron chi connectivity index (χ0n) is 13.6. The summed E-state index contributed by atoms with van der Waals surface area (Å²) in [5.41, 5.74) is 1.68. The van der Waals surface area contributed by atoms with Crippen molar-refractivity contribution in [1.82, 2.24) is 25.1 Å². The van der Waals surface area contributed by atoms with Crippen LogP contribution in [0.1, 0.15) is 20.3 Å². The molecule has 124 valence electrons. The Morgan fingerprint density at radius 3 is 2.83 bits per heavy atom. The molecule has 7 heteroatoms. The summed E-state index contributed by atoms with van der Waals surface area (Å²) in [7, 11) is 0. The molecule has 0 fully saturated rings. The molecule has 0 radical (unpaired) electrons. The normalized spacial score (nSPS) is 12.2. The second kappa shape index (κ2) is 7.44. The van der Waals surface area contributed by atoms with E-state index in [0.29, 0.717) is 6.54 Å². The first-order valence-corrected chi connectivity index (χ1v) is 8.77. The fraction of sp³-hybridized carbons (Fsp3) is 0.294. The van der Waals surface area contributed by atoms with Crippen molar-refractivity contribution in [2.75, 3.05) is 6.54 Å². The predicted molar refractivity (Wildman–Crippen MR) is 95.3 cm³/mol. The van der Waals surface area contributed by atoms with Gasteiger partial charge < -0.3 is 5.32 Å². The SMILES string of the molecule is CCCNC(=O)C(C)Sc1ncnc2c1cnn2-c1ccccc1.